The maximum absolute atomic E-state index is 12.7. The molecule has 1 aliphatic carbocycles. The first-order chi connectivity index (χ1) is 7.46. The normalized spacial score (nSPS) is 34.1. The third-order valence-corrected chi connectivity index (χ3v) is 3.41. The van der Waals surface area contributed by atoms with Crippen LogP contribution in [0.25, 0.3) is 0 Å². The number of likely N-dealkylation sites (tertiary alicyclic amines) is 1. The fraction of sp³-hybridized carbons (Fsp3) is 0.900. The molecule has 0 bridgehead atoms. The second-order valence-electron chi connectivity index (χ2n) is 4.72. The lowest BCUT2D eigenvalue weighted by atomic mass is 9.88. The van der Waals surface area contributed by atoms with Gasteiger partial charge in [-0.25, -0.2) is 13.6 Å². The van der Waals surface area contributed by atoms with E-state index in [2.05, 4.69) is 5.32 Å². The molecule has 16 heavy (non-hydrogen) atoms. The van der Waals surface area contributed by atoms with Crippen molar-refractivity contribution in [3.05, 3.63) is 0 Å². The zero-order valence-corrected chi connectivity index (χ0v) is 8.96. The van der Waals surface area contributed by atoms with Crippen molar-refractivity contribution in [2.24, 2.45) is 0 Å². The van der Waals surface area contributed by atoms with Crippen LogP contribution < -0.4 is 5.32 Å². The third-order valence-electron chi connectivity index (χ3n) is 3.41. The van der Waals surface area contributed by atoms with Crippen LogP contribution in [0.3, 0.4) is 0 Å². The molecule has 0 aromatic heterocycles. The van der Waals surface area contributed by atoms with E-state index in [-0.39, 0.29) is 25.2 Å². The zero-order valence-electron chi connectivity index (χ0n) is 8.96. The van der Waals surface area contributed by atoms with Crippen molar-refractivity contribution in [2.75, 3.05) is 13.1 Å². The number of hydrogen-bond acceptors (Lipinski definition) is 2. The van der Waals surface area contributed by atoms with Crippen molar-refractivity contribution in [1.29, 1.82) is 0 Å². The van der Waals surface area contributed by atoms with E-state index in [1.165, 1.54) is 0 Å². The summed E-state index contributed by atoms with van der Waals surface area (Å²) < 4.78 is 25.3. The summed E-state index contributed by atoms with van der Waals surface area (Å²) in [7, 11) is 0. The number of halogens is 2. The van der Waals surface area contributed by atoms with Gasteiger partial charge in [0.15, 0.2) is 0 Å². The summed E-state index contributed by atoms with van der Waals surface area (Å²) >= 11 is 0. The predicted molar refractivity (Wildman–Crippen MR) is 53.7 cm³/mol. The quantitative estimate of drug-likeness (QED) is 0.761. The highest BCUT2D eigenvalue weighted by molar-refractivity contribution is 5.64. The fourth-order valence-corrected chi connectivity index (χ4v) is 2.57. The Morgan fingerprint density at radius 2 is 1.81 bits per heavy atom. The zero-order chi connectivity index (χ0) is 11.8. The molecule has 1 saturated carbocycles. The van der Waals surface area contributed by atoms with Gasteiger partial charge in [-0.1, -0.05) is 0 Å². The molecule has 0 radical (unpaired) electrons. The first-order valence-electron chi connectivity index (χ1n) is 5.58. The molecule has 0 aromatic carbocycles. The summed E-state index contributed by atoms with van der Waals surface area (Å²) in [5, 5.41) is 11.0. The van der Waals surface area contributed by atoms with E-state index in [0.29, 0.717) is 0 Å². The summed E-state index contributed by atoms with van der Waals surface area (Å²) in [4.78, 5) is 12.2. The van der Waals surface area contributed by atoms with Crippen molar-refractivity contribution in [2.45, 2.75) is 43.7 Å². The molecule has 1 amide bonds. The van der Waals surface area contributed by atoms with Crippen LogP contribution in [0.15, 0.2) is 0 Å². The summed E-state index contributed by atoms with van der Waals surface area (Å²) in [6.07, 6.45) is 2.11. The standard InChI is InChI=1S/C10H16F2N2O2/c11-10(12)5-14(6-10)8-3-1-7(2-4-8)13-9(15)16/h7-8,13H,1-6H2,(H,15,16). The Bertz CT molecular complexity index is 270. The van der Waals surface area contributed by atoms with Gasteiger partial charge in [0.05, 0.1) is 13.1 Å². The lowest BCUT2D eigenvalue weighted by Gasteiger charge is -2.46. The van der Waals surface area contributed by atoms with Crippen molar-refractivity contribution in [1.82, 2.24) is 10.2 Å². The predicted octanol–water partition coefficient (Wildman–Crippen LogP) is 1.52. The maximum Gasteiger partial charge on any atom is 0.404 e. The molecule has 4 nitrogen and oxygen atoms in total. The molecule has 2 rings (SSSR count). The van der Waals surface area contributed by atoms with Gasteiger partial charge in [-0.2, -0.15) is 0 Å². The van der Waals surface area contributed by atoms with E-state index < -0.39 is 12.0 Å². The fourth-order valence-electron chi connectivity index (χ4n) is 2.57. The topological polar surface area (TPSA) is 52.6 Å². The van der Waals surface area contributed by atoms with Crippen LogP contribution in [-0.2, 0) is 0 Å². The molecule has 0 spiro atoms. The highest BCUT2D eigenvalue weighted by Gasteiger charge is 2.46. The molecule has 0 aromatic rings. The van der Waals surface area contributed by atoms with Gasteiger partial charge in [-0.3, -0.25) is 4.90 Å². The van der Waals surface area contributed by atoms with E-state index in [4.69, 9.17) is 5.11 Å². The van der Waals surface area contributed by atoms with Crippen LogP contribution in [0, 0.1) is 0 Å². The largest absolute Gasteiger partial charge is 0.465 e. The van der Waals surface area contributed by atoms with Crippen LogP contribution in [-0.4, -0.2) is 47.2 Å². The van der Waals surface area contributed by atoms with Gasteiger partial charge in [0.25, 0.3) is 5.92 Å². The van der Waals surface area contributed by atoms with Crippen LogP contribution in [0.1, 0.15) is 25.7 Å². The smallest absolute Gasteiger partial charge is 0.404 e. The summed E-state index contributed by atoms with van der Waals surface area (Å²) in [5.41, 5.74) is 0. The number of amides is 1. The number of carbonyl (C=O) groups is 1. The molecule has 1 saturated heterocycles. The molecule has 2 aliphatic rings. The molecular formula is C10H16F2N2O2. The van der Waals surface area contributed by atoms with Crippen LogP contribution in [0.4, 0.5) is 13.6 Å². The summed E-state index contributed by atoms with van der Waals surface area (Å²) in [5.74, 6) is -2.50. The van der Waals surface area contributed by atoms with E-state index >= 15 is 0 Å². The van der Waals surface area contributed by atoms with Crippen LogP contribution in [0.2, 0.25) is 0 Å². The van der Waals surface area contributed by atoms with Gasteiger partial charge < -0.3 is 10.4 Å². The molecule has 1 heterocycles. The molecule has 0 atom stereocenters. The molecular weight excluding hydrogens is 218 g/mol. The first-order valence-corrected chi connectivity index (χ1v) is 5.58. The van der Waals surface area contributed by atoms with Crippen LogP contribution in [0.5, 0.6) is 0 Å². The van der Waals surface area contributed by atoms with Gasteiger partial charge in [0.2, 0.25) is 0 Å². The SMILES string of the molecule is O=C(O)NC1CCC(N2CC(F)(F)C2)CC1. The van der Waals surface area contributed by atoms with E-state index in [1.807, 2.05) is 0 Å². The summed E-state index contributed by atoms with van der Waals surface area (Å²) in [6, 6.07) is 0.210. The molecule has 6 heteroatoms. The highest BCUT2D eigenvalue weighted by Crippen LogP contribution is 2.33. The second kappa shape index (κ2) is 4.16. The van der Waals surface area contributed by atoms with Gasteiger partial charge >= 0.3 is 6.09 Å². The lowest BCUT2D eigenvalue weighted by molar-refractivity contribution is -0.150. The van der Waals surface area contributed by atoms with Crippen molar-refractivity contribution in [3.8, 4) is 0 Å². The Morgan fingerprint density at radius 1 is 1.25 bits per heavy atom. The Kier molecular flexibility index (Phi) is 3.01. The van der Waals surface area contributed by atoms with E-state index in [0.717, 1.165) is 25.7 Å². The van der Waals surface area contributed by atoms with Gasteiger partial charge in [0.1, 0.15) is 0 Å². The van der Waals surface area contributed by atoms with Crippen LogP contribution >= 0.6 is 0 Å². The molecule has 2 fully saturated rings. The Labute approximate surface area is 92.6 Å². The highest BCUT2D eigenvalue weighted by atomic mass is 19.3. The van der Waals surface area contributed by atoms with Gasteiger partial charge in [-0.05, 0) is 25.7 Å². The van der Waals surface area contributed by atoms with E-state index in [9.17, 15) is 13.6 Å². The van der Waals surface area contributed by atoms with Gasteiger partial charge in [0, 0.05) is 12.1 Å². The minimum atomic E-state index is -2.50. The monoisotopic (exact) mass is 234 g/mol. The first kappa shape index (κ1) is 11.6. The number of hydrogen-bond donors (Lipinski definition) is 2. The molecule has 92 valence electrons. The number of nitrogens with one attached hydrogen (secondary N) is 1. The Morgan fingerprint density at radius 3 is 2.25 bits per heavy atom. The average Bonchev–Trinajstić information content (AvgIpc) is 2.14. The maximum atomic E-state index is 12.7. The second-order valence-corrected chi connectivity index (χ2v) is 4.72. The van der Waals surface area contributed by atoms with Crippen molar-refractivity contribution >= 4 is 6.09 Å². The molecule has 0 unspecified atom stereocenters. The minimum Gasteiger partial charge on any atom is -0.465 e. The third kappa shape index (κ3) is 2.61. The Balaban J connectivity index is 1.72. The van der Waals surface area contributed by atoms with Crippen molar-refractivity contribution < 1.29 is 18.7 Å². The summed E-state index contributed by atoms with van der Waals surface area (Å²) in [6.45, 7) is -0.261. The number of alkyl halides is 2. The Hall–Kier alpha value is -0.910. The number of nitrogens with zero attached hydrogens (tertiary/aromatic N) is 1. The van der Waals surface area contributed by atoms with Gasteiger partial charge in [-0.15, -0.1) is 0 Å². The average molecular weight is 234 g/mol. The molecule has 1 aliphatic heterocycles. The minimum absolute atomic E-state index is 0.00413. The lowest BCUT2D eigenvalue weighted by Crippen LogP contribution is -2.60. The number of carboxylic acid groups (broad SMARTS) is 1. The van der Waals surface area contributed by atoms with Crippen molar-refractivity contribution in [3.63, 3.8) is 0 Å². The van der Waals surface area contributed by atoms with E-state index in [1.54, 1.807) is 4.90 Å². The number of rotatable bonds is 2. The molecule has 2 N–H and O–H groups in total.